The fourth-order valence-corrected chi connectivity index (χ4v) is 7.21. The summed E-state index contributed by atoms with van der Waals surface area (Å²) in [6.07, 6.45) is -0.839. The summed E-state index contributed by atoms with van der Waals surface area (Å²) in [7, 11) is -4.32. The van der Waals surface area contributed by atoms with Gasteiger partial charge < -0.3 is 24.1 Å². The molecule has 0 unspecified atom stereocenters. The van der Waals surface area contributed by atoms with Crippen LogP contribution in [0.1, 0.15) is 47.2 Å². The van der Waals surface area contributed by atoms with E-state index in [1.807, 2.05) is 152 Å². The van der Waals surface area contributed by atoms with Gasteiger partial charge in [0.25, 0.3) is 5.91 Å². The van der Waals surface area contributed by atoms with E-state index >= 15 is 0 Å². The lowest BCUT2D eigenvalue weighted by Gasteiger charge is -2.30. The predicted octanol–water partition coefficient (Wildman–Crippen LogP) is 9.17. The molecule has 14 heteroatoms. The normalized spacial score (nSPS) is 12.5. The largest absolute Gasteiger partial charge is 0.530 e. The van der Waals surface area contributed by atoms with Gasteiger partial charge >= 0.3 is 19.9 Å². The molecule has 0 radical (unpaired) electrons. The highest BCUT2D eigenvalue weighted by molar-refractivity contribution is 7.48. The van der Waals surface area contributed by atoms with Crippen molar-refractivity contribution in [3.8, 4) is 11.5 Å². The lowest BCUT2D eigenvalue weighted by molar-refractivity contribution is -0.153. The first-order valence-corrected chi connectivity index (χ1v) is 21.7. The maximum absolute atomic E-state index is 14.5. The van der Waals surface area contributed by atoms with Gasteiger partial charge in [0.05, 0.1) is 13.2 Å². The zero-order valence-electron chi connectivity index (χ0n) is 35.0. The summed E-state index contributed by atoms with van der Waals surface area (Å²) in [5, 5.41) is 2.50. The fourth-order valence-electron chi connectivity index (χ4n) is 6.03. The van der Waals surface area contributed by atoms with E-state index in [4.69, 9.17) is 27.8 Å². The van der Waals surface area contributed by atoms with Gasteiger partial charge in [-0.25, -0.2) is 19.6 Å². The number of hydrazine groups is 1. The second kappa shape index (κ2) is 22.9. The van der Waals surface area contributed by atoms with Crippen molar-refractivity contribution in [1.29, 1.82) is 0 Å². The summed E-state index contributed by atoms with van der Waals surface area (Å²) in [6, 6.07) is 50.0. The second-order valence-electron chi connectivity index (χ2n) is 14.7. The lowest BCUT2D eigenvalue weighted by atomic mass is 9.93. The van der Waals surface area contributed by atoms with Crippen LogP contribution in [0.4, 0.5) is 4.79 Å². The third-order valence-electron chi connectivity index (χ3n) is 9.54. The van der Waals surface area contributed by atoms with Crippen LogP contribution in [0, 0.1) is 0 Å². The van der Waals surface area contributed by atoms with Crippen molar-refractivity contribution in [2.75, 3.05) is 0 Å². The van der Waals surface area contributed by atoms with Crippen LogP contribution in [0.5, 0.6) is 11.5 Å². The molecule has 0 aromatic heterocycles. The molecule has 3 N–H and O–H groups in total. The molecule has 0 bridgehead atoms. The number of phosphoric acid groups is 1. The number of phosphoric ester groups is 1. The Morgan fingerprint density at radius 1 is 0.556 bits per heavy atom. The Balaban J connectivity index is 1.23. The summed E-state index contributed by atoms with van der Waals surface area (Å²) in [4.78, 5) is 39.8. The molecule has 0 spiro atoms. The molecular weight excluding hydrogens is 822 g/mol. The van der Waals surface area contributed by atoms with Crippen molar-refractivity contribution in [2.24, 2.45) is 0 Å². The summed E-state index contributed by atoms with van der Waals surface area (Å²) in [5.74, 6) is -1.09. The number of carbonyl (C=O) groups excluding carboxylic acids is 3. The first kappa shape index (κ1) is 45.8. The highest BCUT2D eigenvalue weighted by Gasteiger charge is 2.37. The molecule has 0 aliphatic rings. The Morgan fingerprint density at radius 3 is 1.49 bits per heavy atom. The van der Waals surface area contributed by atoms with Gasteiger partial charge in [-0.15, -0.1) is 0 Å². The summed E-state index contributed by atoms with van der Waals surface area (Å²) in [6.45, 7) is 3.03. The highest BCUT2D eigenvalue weighted by Crippen LogP contribution is 2.53. The van der Waals surface area contributed by atoms with Crippen molar-refractivity contribution >= 4 is 25.8 Å². The van der Waals surface area contributed by atoms with Crippen molar-refractivity contribution in [3.63, 3.8) is 0 Å². The highest BCUT2D eigenvalue weighted by atomic mass is 31.2. The molecule has 6 rings (SSSR count). The SMILES string of the molecule is C[C@H](NC(=O)OCc1ccccc1)C(=O)NN[C@@](C)(Cc1ccc(OP(=O)(OCc2ccccc2)OCc2ccccc2)c(OCc2ccccc2)c1)C(=O)OCc1ccccc1. The van der Waals surface area contributed by atoms with Crippen LogP contribution in [0.15, 0.2) is 170 Å². The standard InChI is InChI=1S/C49H50N3O10P/c1-37(50-48(55)59-34-40-22-12-5-13-23-40)46(53)51-52-49(2,47(54)58-33-39-20-10-4-11-21-39)31-43-28-29-44(45(30-43)57-32-38-18-8-3-9-19-38)62-63(56,60-35-41-24-14-6-15-25-41)61-36-42-26-16-7-17-27-42/h3-30,37,52H,31-36H2,1-2H3,(H,50,55)(H,51,53)/t37-,49-/m0/s1. The monoisotopic (exact) mass is 871 g/mol. The molecule has 0 saturated heterocycles. The number of amides is 2. The molecular formula is C49H50N3O10P. The smallest absolute Gasteiger partial charge is 0.485 e. The van der Waals surface area contributed by atoms with E-state index in [1.165, 1.54) is 6.92 Å². The van der Waals surface area contributed by atoms with Gasteiger partial charge in [-0.1, -0.05) is 158 Å². The number of alkyl carbamates (subject to hydrolysis) is 1. The molecule has 63 heavy (non-hydrogen) atoms. The van der Waals surface area contributed by atoms with E-state index < -0.39 is 37.4 Å². The Hall–Kier alpha value is -6.76. The fraction of sp³-hybridized carbons (Fsp3) is 0.204. The van der Waals surface area contributed by atoms with Crippen LogP contribution in [-0.4, -0.2) is 29.6 Å². The van der Waals surface area contributed by atoms with Gasteiger partial charge in [-0.3, -0.25) is 19.3 Å². The Kier molecular flexibility index (Phi) is 16.6. The molecule has 326 valence electrons. The molecule has 6 aromatic carbocycles. The minimum Gasteiger partial charge on any atom is -0.485 e. The maximum atomic E-state index is 14.5. The lowest BCUT2D eigenvalue weighted by Crippen LogP contribution is -2.61. The number of esters is 1. The van der Waals surface area contributed by atoms with Crippen LogP contribution < -0.4 is 25.4 Å². The molecule has 0 heterocycles. The van der Waals surface area contributed by atoms with E-state index in [0.29, 0.717) is 5.56 Å². The summed E-state index contributed by atoms with van der Waals surface area (Å²) in [5.41, 5.74) is 8.31. The minimum absolute atomic E-state index is 0.0183. The quantitative estimate of drug-likeness (QED) is 0.0339. The van der Waals surface area contributed by atoms with Gasteiger partial charge in [0.1, 0.15) is 31.4 Å². The van der Waals surface area contributed by atoms with Crippen LogP contribution in [0.2, 0.25) is 0 Å². The van der Waals surface area contributed by atoms with Gasteiger partial charge in [0.15, 0.2) is 11.5 Å². The number of hydrogen-bond acceptors (Lipinski definition) is 11. The van der Waals surface area contributed by atoms with Crippen molar-refractivity contribution < 1.29 is 46.7 Å². The average molecular weight is 872 g/mol. The Labute approximate surface area is 367 Å². The van der Waals surface area contributed by atoms with E-state index in [-0.39, 0.29) is 51.0 Å². The van der Waals surface area contributed by atoms with Gasteiger partial charge in [0.2, 0.25) is 0 Å². The average Bonchev–Trinajstić information content (AvgIpc) is 3.32. The van der Waals surface area contributed by atoms with Gasteiger partial charge in [-0.05, 0) is 59.4 Å². The molecule has 0 aliphatic carbocycles. The third-order valence-corrected chi connectivity index (χ3v) is 10.9. The number of rotatable bonds is 22. The van der Waals surface area contributed by atoms with Crippen molar-refractivity contribution in [3.05, 3.63) is 203 Å². The van der Waals surface area contributed by atoms with Crippen LogP contribution in [0.3, 0.4) is 0 Å². The summed E-state index contributed by atoms with van der Waals surface area (Å²) >= 11 is 0. The van der Waals surface area contributed by atoms with Crippen LogP contribution >= 0.6 is 7.82 Å². The molecule has 2 amide bonds. The molecule has 0 fully saturated rings. The molecule has 0 saturated carbocycles. The second-order valence-corrected chi connectivity index (χ2v) is 16.3. The van der Waals surface area contributed by atoms with Crippen molar-refractivity contribution in [2.45, 2.75) is 64.9 Å². The number of hydrogen-bond donors (Lipinski definition) is 3. The third kappa shape index (κ3) is 14.7. The Bertz CT molecular complexity index is 2370. The number of ether oxygens (including phenoxy) is 3. The molecule has 6 aromatic rings. The Morgan fingerprint density at radius 2 is 1.00 bits per heavy atom. The predicted molar refractivity (Wildman–Crippen MR) is 237 cm³/mol. The van der Waals surface area contributed by atoms with Gasteiger partial charge in [-0.2, -0.15) is 0 Å². The molecule has 2 atom stereocenters. The minimum atomic E-state index is -4.32. The maximum Gasteiger partial charge on any atom is 0.530 e. The zero-order chi connectivity index (χ0) is 44.3. The zero-order valence-corrected chi connectivity index (χ0v) is 35.9. The van der Waals surface area contributed by atoms with Crippen molar-refractivity contribution in [1.82, 2.24) is 16.2 Å². The first-order valence-electron chi connectivity index (χ1n) is 20.3. The van der Waals surface area contributed by atoms with E-state index in [2.05, 4.69) is 16.2 Å². The topological polar surface area (TPSA) is 160 Å². The van der Waals surface area contributed by atoms with E-state index in [0.717, 1.165) is 27.8 Å². The number of benzene rings is 6. The molecule has 0 aliphatic heterocycles. The molecule has 13 nitrogen and oxygen atoms in total. The number of carbonyl (C=O) groups is 3. The first-order chi connectivity index (χ1) is 30.6. The van der Waals surface area contributed by atoms with E-state index in [9.17, 15) is 18.9 Å². The van der Waals surface area contributed by atoms with E-state index in [1.54, 1.807) is 25.1 Å². The number of nitrogens with one attached hydrogen (secondary N) is 3. The summed E-state index contributed by atoms with van der Waals surface area (Å²) < 4.78 is 49.8. The van der Waals surface area contributed by atoms with Crippen LogP contribution in [0.25, 0.3) is 0 Å². The van der Waals surface area contributed by atoms with Crippen LogP contribution in [-0.2, 0) is 72.1 Å². The van der Waals surface area contributed by atoms with Gasteiger partial charge in [0, 0.05) is 6.42 Å².